The van der Waals surface area contributed by atoms with Gasteiger partial charge in [-0.1, -0.05) is 67.7 Å². The lowest BCUT2D eigenvalue weighted by atomic mass is 10.1. The Balaban J connectivity index is 2.21. The molecule has 0 fully saturated rings. The average Bonchev–Trinajstić information content (AvgIpc) is 2.74. The second kappa shape index (κ2) is 12.6. The molecule has 0 bridgehead atoms. The molecule has 0 spiro atoms. The largest absolute Gasteiger partial charge is 0.482 e. The number of rotatable bonds is 11. The summed E-state index contributed by atoms with van der Waals surface area (Å²) < 4.78 is 5.66. The predicted octanol–water partition coefficient (Wildman–Crippen LogP) is 5.40. The second-order valence-electron chi connectivity index (χ2n) is 7.38. The summed E-state index contributed by atoms with van der Waals surface area (Å²) in [6.45, 7) is 6.64. The van der Waals surface area contributed by atoms with Crippen molar-refractivity contribution in [1.82, 2.24) is 10.2 Å². The number of benzene rings is 2. The van der Waals surface area contributed by atoms with E-state index in [0.29, 0.717) is 35.3 Å². The third-order valence-electron chi connectivity index (χ3n) is 5.06. The predicted molar refractivity (Wildman–Crippen MR) is 126 cm³/mol. The molecule has 2 aromatic carbocycles. The van der Waals surface area contributed by atoms with Gasteiger partial charge in [0.05, 0.1) is 5.02 Å². The third kappa shape index (κ3) is 7.44. The molecule has 0 radical (unpaired) electrons. The zero-order valence-corrected chi connectivity index (χ0v) is 19.8. The Kier molecular flexibility index (Phi) is 10.2. The van der Waals surface area contributed by atoms with E-state index in [1.807, 2.05) is 38.1 Å². The van der Waals surface area contributed by atoms with Gasteiger partial charge in [-0.3, -0.25) is 9.59 Å². The topological polar surface area (TPSA) is 58.6 Å². The van der Waals surface area contributed by atoms with Gasteiger partial charge in [-0.2, -0.15) is 0 Å². The first kappa shape index (κ1) is 25.0. The van der Waals surface area contributed by atoms with E-state index in [-0.39, 0.29) is 18.4 Å². The Morgan fingerprint density at radius 2 is 1.87 bits per heavy atom. The standard InChI is InChI=1S/C24H30Cl2N2O3/c1-4-6-13-27-24(30)21(5-2)28(15-18-10-8-7-9-17(18)3)23(29)16-31-22-12-11-19(25)14-20(22)26/h7-12,14,21H,4-6,13,15-16H2,1-3H3,(H,27,30)/t21-/m0/s1. The number of hydrogen-bond acceptors (Lipinski definition) is 3. The van der Waals surface area contributed by atoms with Crippen LogP contribution in [0.3, 0.4) is 0 Å². The van der Waals surface area contributed by atoms with Gasteiger partial charge in [0.15, 0.2) is 6.61 Å². The number of nitrogens with zero attached hydrogens (tertiary/aromatic N) is 1. The van der Waals surface area contributed by atoms with Crippen molar-refractivity contribution in [3.8, 4) is 5.75 Å². The second-order valence-corrected chi connectivity index (χ2v) is 8.22. The summed E-state index contributed by atoms with van der Waals surface area (Å²) in [6.07, 6.45) is 2.38. The van der Waals surface area contributed by atoms with Gasteiger partial charge in [0.1, 0.15) is 11.8 Å². The van der Waals surface area contributed by atoms with Crippen LogP contribution in [0.5, 0.6) is 5.75 Å². The Morgan fingerprint density at radius 3 is 2.52 bits per heavy atom. The summed E-state index contributed by atoms with van der Waals surface area (Å²) >= 11 is 12.1. The molecular weight excluding hydrogens is 435 g/mol. The molecule has 0 saturated carbocycles. The van der Waals surface area contributed by atoms with Crippen LogP contribution in [0.2, 0.25) is 10.0 Å². The van der Waals surface area contributed by atoms with Gasteiger partial charge < -0.3 is 15.0 Å². The third-order valence-corrected chi connectivity index (χ3v) is 5.59. The minimum absolute atomic E-state index is 0.151. The van der Waals surface area contributed by atoms with Crippen LogP contribution in [0.1, 0.15) is 44.2 Å². The molecule has 0 aromatic heterocycles. The van der Waals surface area contributed by atoms with E-state index in [0.717, 1.165) is 24.0 Å². The van der Waals surface area contributed by atoms with Crippen molar-refractivity contribution in [2.45, 2.75) is 52.6 Å². The van der Waals surface area contributed by atoms with E-state index in [9.17, 15) is 9.59 Å². The Morgan fingerprint density at radius 1 is 1.13 bits per heavy atom. The number of unbranched alkanes of at least 4 members (excludes halogenated alkanes) is 1. The molecule has 7 heteroatoms. The fourth-order valence-electron chi connectivity index (χ4n) is 3.21. The maximum Gasteiger partial charge on any atom is 0.261 e. The zero-order valence-electron chi connectivity index (χ0n) is 18.3. The maximum atomic E-state index is 13.2. The maximum absolute atomic E-state index is 13.2. The normalized spacial score (nSPS) is 11.6. The lowest BCUT2D eigenvalue weighted by molar-refractivity contribution is -0.143. The molecule has 0 saturated heterocycles. The van der Waals surface area contributed by atoms with Crippen molar-refractivity contribution in [3.05, 3.63) is 63.6 Å². The Labute approximate surface area is 194 Å². The van der Waals surface area contributed by atoms with E-state index < -0.39 is 6.04 Å². The molecule has 2 aromatic rings. The van der Waals surface area contributed by atoms with Gasteiger partial charge >= 0.3 is 0 Å². The van der Waals surface area contributed by atoms with Gasteiger partial charge in [0, 0.05) is 18.1 Å². The fraction of sp³-hybridized carbons (Fsp3) is 0.417. The van der Waals surface area contributed by atoms with Crippen molar-refractivity contribution in [2.75, 3.05) is 13.2 Å². The summed E-state index contributed by atoms with van der Waals surface area (Å²) in [6, 6.07) is 12.1. The van der Waals surface area contributed by atoms with E-state index in [1.54, 1.807) is 23.1 Å². The Hall–Kier alpha value is -2.24. The molecule has 31 heavy (non-hydrogen) atoms. The van der Waals surface area contributed by atoms with Crippen molar-refractivity contribution in [2.24, 2.45) is 0 Å². The molecule has 168 valence electrons. The quantitative estimate of drug-likeness (QED) is 0.452. The van der Waals surface area contributed by atoms with Crippen molar-refractivity contribution < 1.29 is 14.3 Å². The number of carbonyl (C=O) groups is 2. The number of carbonyl (C=O) groups excluding carboxylic acids is 2. The van der Waals surface area contributed by atoms with E-state index in [4.69, 9.17) is 27.9 Å². The lowest BCUT2D eigenvalue weighted by Crippen LogP contribution is -2.50. The average molecular weight is 465 g/mol. The zero-order chi connectivity index (χ0) is 22.8. The van der Waals surface area contributed by atoms with Gasteiger partial charge in [-0.25, -0.2) is 0 Å². The highest BCUT2D eigenvalue weighted by atomic mass is 35.5. The van der Waals surface area contributed by atoms with Crippen LogP contribution in [0.4, 0.5) is 0 Å². The molecule has 0 unspecified atom stereocenters. The summed E-state index contributed by atoms with van der Waals surface area (Å²) in [7, 11) is 0. The summed E-state index contributed by atoms with van der Waals surface area (Å²) in [5.74, 6) is -0.0649. The lowest BCUT2D eigenvalue weighted by Gasteiger charge is -2.31. The van der Waals surface area contributed by atoms with Gasteiger partial charge in [0.25, 0.3) is 5.91 Å². The Bertz CT molecular complexity index is 889. The van der Waals surface area contributed by atoms with Crippen LogP contribution in [0.25, 0.3) is 0 Å². The molecule has 1 atom stereocenters. The van der Waals surface area contributed by atoms with Gasteiger partial charge in [-0.05, 0) is 49.1 Å². The van der Waals surface area contributed by atoms with Gasteiger partial charge in [-0.15, -0.1) is 0 Å². The number of nitrogens with one attached hydrogen (secondary N) is 1. The van der Waals surface area contributed by atoms with Crippen LogP contribution in [-0.4, -0.2) is 35.9 Å². The molecule has 1 N–H and O–H groups in total. The van der Waals surface area contributed by atoms with Crippen molar-refractivity contribution in [3.63, 3.8) is 0 Å². The van der Waals surface area contributed by atoms with Crippen LogP contribution in [0.15, 0.2) is 42.5 Å². The van der Waals surface area contributed by atoms with E-state index in [2.05, 4.69) is 12.2 Å². The highest BCUT2D eigenvalue weighted by Gasteiger charge is 2.29. The highest BCUT2D eigenvalue weighted by Crippen LogP contribution is 2.27. The van der Waals surface area contributed by atoms with Crippen LogP contribution in [-0.2, 0) is 16.1 Å². The van der Waals surface area contributed by atoms with Crippen molar-refractivity contribution >= 4 is 35.0 Å². The number of amides is 2. The minimum atomic E-state index is -0.590. The summed E-state index contributed by atoms with van der Waals surface area (Å²) in [5.41, 5.74) is 2.04. The SMILES string of the molecule is CCCCNC(=O)[C@H](CC)N(Cc1ccccc1C)C(=O)COc1ccc(Cl)cc1Cl. The van der Waals surface area contributed by atoms with E-state index >= 15 is 0 Å². The van der Waals surface area contributed by atoms with E-state index in [1.165, 1.54) is 0 Å². The molecule has 0 aliphatic heterocycles. The molecular formula is C24H30Cl2N2O3. The fourth-order valence-corrected chi connectivity index (χ4v) is 3.67. The van der Waals surface area contributed by atoms with Gasteiger partial charge in [0.2, 0.25) is 5.91 Å². The van der Waals surface area contributed by atoms with Crippen molar-refractivity contribution in [1.29, 1.82) is 0 Å². The highest BCUT2D eigenvalue weighted by molar-refractivity contribution is 6.35. The van der Waals surface area contributed by atoms with Crippen LogP contribution >= 0.6 is 23.2 Å². The number of halogens is 2. The number of hydrogen-bond donors (Lipinski definition) is 1. The monoisotopic (exact) mass is 464 g/mol. The first-order valence-electron chi connectivity index (χ1n) is 10.6. The molecule has 0 aliphatic rings. The van der Waals surface area contributed by atoms with Crippen LogP contribution < -0.4 is 10.1 Å². The minimum Gasteiger partial charge on any atom is -0.482 e. The smallest absolute Gasteiger partial charge is 0.261 e. The molecule has 0 heterocycles. The number of ether oxygens (including phenoxy) is 1. The molecule has 5 nitrogen and oxygen atoms in total. The molecule has 2 rings (SSSR count). The first-order chi connectivity index (χ1) is 14.9. The molecule has 2 amide bonds. The summed E-state index contributed by atoms with van der Waals surface area (Å²) in [4.78, 5) is 27.6. The molecule has 0 aliphatic carbocycles. The number of aryl methyl sites for hydroxylation is 1. The van der Waals surface area contributed by atoms with Crippen LogP contribution in [0, 0.1) is 6.92 Å². The summed E-state index contributed by atoms with van der Waals surface area (Å²) in [5, 5.41) is 3.76. The first-order valence-corrected chi connectivity index (χ1v) is 11.3.